The zero-order valence-electron chi connectivity index (χ0n) is 15.8. The molecule has 1 aliphatic rings. The third kappa shape index (κ3) is 3.60. The van der Waals surface area contributed by atoms with Gasteiger partial charge in [0.1, 0.15) is 5.69 Å². The molecule has 2 N–H and O–H groups in total. The number of nitrogens with zero attached hydrogens (tertiary/aromatic N) is 4. The van der Waals surface area contributed by atoms with Gasteiger partial charge in [-0.05, 0) is 37.8 Å². The number of nitro groups is 1. The molecule has 28 heavy (non-hydrogen) atoms. The molecule has 0 bridgehead atoms. The number of nitro benzene ring substituents is 1. The fourth-order valence-electron chi connectivity index (χ4n) is 3.92. The normalized spacial score (nSPS) is 14.5. The molecule has 1 fully saturated rings. The molecule has 144 valence electrons. The minimum absolute atomic E-state index is 0.108. The van der Waals surface area contributed by atoms with Crippen LogP contribution in [0.2, 0.25) is 0 Å². The van der Waals surface area contributed by atoms with Crippen molar-refractivity contribution in [2.24, 2.45) is 5.92 Å². The first-order valence-electron chi connectivity index (χ1n) is 9.56. The summed E-state index contributed by atoms with van der Waals surface area (Å²) >= 11 is 0. The van der Waals surface area contributed by atoms with Gasteiger partial charge >= 0.3 is 0 Å². The zero-order chi connectivity index (χ0) is 19.7. The van der Waals surface area contributed by atoms with Crippen molar-refractivity contribution in [3.63, 3.8) is 0 Å². The second-order valence-electron chi connectivity index (χ2n) is 7.48. The Balaban J connectivity index is 1.72. The zero-order valence-corrected chi connectivity index (χ0v) is 15.8. The summed E-state index contributed by atoms with van der Waals surface area (Å²) in [5.74, 6) is 0.697. The molecule has 2 aromatic heterocycles. The van der Waals surface area contributed by atoms with Crippen LogP contribution in [0.15, 0.2) is 42.7 Å². The SMILES string of the molecule is Cc1ccc(-c2cnn(CC3CCCC3)c2)c(-c2ccc(N)c([N+](=O)[O-])c2)n1. The van der Waals surface area contributed by atoms with Crippen molar-refractivity contribution in [1.82, 2.24) is 14.8 Å². The number of aromatic nitrogens is 3. The smallest absolute Gasteiger partial charge is 0.292 e. The highest BCUT2D eigenvalue weighted by atomic mass is 16.6. The number of nitrogens with two attached hydrogens (primary N) is 1. The molecule has 0 atom stereocenters. The summed E-state index contributed by atoms with van der Waals surface area (Å²) in [6, 6.07) is 8.76. The summed E-state index contributed by atoms with van der Waals surface area (Å²) in [7, 11) is 0. The monoisotopic (exact) mass is 377 g/mol. The van der Waals surface area contributed by atoms with Gasteiger partial charge in [-0.1, -0.05) is 25.0 Å². The minimum atomic E-state index is -0.464. The Morgan fingerprint density at radius 2 is 2.00 bits per heavy atom. The highest BCUT2D eigenvalue weighted by Crippen LogP contribution is 2.34. The number of nitrogen functional groups attached to an aromatic ring is 1. The molecule has 1 saturated carbocycles. The lowest BCUT2D eigenvalue weighted by Crippen LogP contribution is -2.07. The van der Waals surface area contributed by atoms with Crippen LogP contribution in [0.5, 0.6) is 0 Å². The molecule has 7 nitrogen and oxygen atoms in total. The predicted molar refractivity (Wildman–Crippen MR) is 109 cm³/mol. The molecular weight excluding hydrogens is 354 g/mol. The maximum atomic E-state index is 11.3. The summed E-state index contributed by atoms with van der Waals surface area (Å²) < 4.78 is 2.00. The Kier molecular flexibility index (Phi) is 4.81. The van der Waals surface area contributed by atoms with Gasteiger partial charge in [0.15, 0.2) is 0 Å². The van der Waals surface area contributed by atoms with Gasteiger partial charge in [-0.15, -0.1) is 0 Å². The summed E-state index contributed by atoms with van der Waals surface area (Å²) in [5, 5.41) is 15.8. The van der Waals surface area contributed by atoms with E-state index in [1.54, 1.807) is 12.1 Å². The van der Waals surface area contributed by atoms with Crippen molar-refractivity contribution in [1.29, 1.82) is 0 Å². The van der Waals surface area contributed by atoms with Crippen LogP contribution in [-0.2, 0) is 6.54 Å². The Morgan fingerprint density at radius 1 is 1.21 bits per heavy atom. The molecule has 0 saturated heterocycles. The quantitative estimate of drug-likeness (QED) is 0.398. The van der Waals surface area contributed by atoms with Crippen LogP contribution in [0.3, 0.4) is 0 Å². The van der Waals surface area contributed by atoms with Crippen molar-refractivity contribution in [2.45, 2.75) is 39.2 Å². The van der Waals surface area contributed by atoms with E-state index >= 15 is 0 Å². The van der Waals surface area contributed by atoms with Crippen LogP contribution in [0.1, 0.15) is 31.4 Å². The molecule has 7 heteroatoms. The number of anilines is 1. The maximum Gasteiger partial charge on any atom is 0.292 e. The van der Waals surface area contributed by atoms with Crippen molar-refractivity contribution < 1.29 is 4.92 Å². The first-order chi connectivity index (χ1) is 13.5. The van der Waals surface area contributed by atoms with E-state index in [-0.39, 0.29) is 11.4 Å². The number of pyridine rings is 1. The topological polar surface area (TPSA) is 99.9 Å². The highest BCUT2D eigenvalue weighted by molar-refractivity contribution is 5.82. The van der Waals surface area contributed by atoms with Crippen molar-refractivity contribution >= 4 is 11.4 Å². The number of hydrogen-bond acceptors (Lipinski definition) is 5. The predicted octanol–water partition coefficient (Wildman–Crippen LogP) is 4.60. The second kappa shape index (κ2) is 7.42. The van der Waals surface area contributed by atoms with E-state index in [9.17, 15) is 10.1 Å². The average molecular weight is 377 g/mol. The molecule has 0 aliphatic heterocycles. The minimum Gasteiger partial charge on any atom is -0.393 e. The molecule has 4 rings (SSSR count). The average Bonchev–Trinajstić information content (AvgIpc) is 3.34. The second-order valence-corrected chi connectivity index (χ2v) is 7.48. The van der Waals surface area contributed by atoms with Gasteiger partial charge in [0, 0.05) is 41.2 Å². The molecule has 0 unspecified atom stereocenters. The van der Waals surface area contributed by atoms with E-state index in [0.717, 1.165) is 23.4 Å². The molecule has 2 heterocycles. The number of rotatable bonds is 5. The maximum absolute atomic E-state index is 11.3. The van der Waals surface area contributed by atoms with E-state index in [4.69, 9.17) is 5.73 Å². The lowest BCUT2D eigenvalue weighted by Gasteiger charge is -2.10. The van der Waals surface area contributed by atoms with Gasteiger partial charge in [0.25, 0.3) is 5.69 Å². The first-order valence-corrected chi connectivity index (χ1v) is 9.56. The van der Waals surface area contributed by atoms with Crippen LogP contribution >= 0.6 is 0 Å². The molecule has 0 spiro atoms. The fourth-order valence-corrected chi connectivity index (χ4v) is 3.92. The van der Waals surface area contributed by atoms with E-state index in [1.165, 1.54) is 31.7 Å². The van der Waals surface area contributed by atoms with Gasteiger partial charge in [-0.2, -0.15) is 5.10 Å². The van der Waals surface area contributed by atoms with Crippen LogP contribution in [0.4, 0.5) is 11.4 Å². The van der Waals surface area contributed by atoms with Crippen LogP contribution in [0, 0.1) is 23.0 Å². The van der Waals surface area contributed by atoms with Gasteiger partial charge in [-0.25, -0.2) is 0 Å². The van der Waals surface area contributed by atoms with Gasteiger partial charge in [0.2, 0.25) is 0 Å². The Hall–Kier alpha value is -3.22. The molecule has 0 radical (unpaired) electrons. The standard InChI is InChI=1S/C21H23N5O2/c1-14-6-8-18(17-11-23-25(13-17)12-15-4-2-3-5-15)21(24-14)16-7-9-19(22)20(10-16)26(27)28/h6-11,13,15H,2-5,12,22H2,1H3. The number of hydrogen-bond donors (Lipinski definition) is 1. The number of aryl methyl sites for hydroxylation is 1. The van der Waals surface area contributed by atoms with Crippen LogP contribution in [-0.4, -0.2) is 19.7 Å². The van der Waals surface area contributed by atoms with Crippen molar-refractivity contribution in [3.8, 4) is 22.4 Å². The lowest BCUT2D eigenvalue weighted by atomic mass is 10.0. The largest absolute Gasteiger partial charge is 0.393 e. The Labute approximate surface area is 163 Å². The summed E-state index contributed by atoms with van der Waals surface area (Å²) in [4.78, 5) is 15.5. The summed E-state index contributed by atoms with van der Waals surface area (Å²) in [5.41, 5.74) is 9.87. The first kappa shape index (κ1) is 18.2. The van der Waals surface area contributed by atoms with Crippen LogP contribution < -0.4 is 5.73 Å². The van der Waals surface area contributed by atoms with E-state index < -0.39 is 4.92 Å². The fraction of sp³-hybridized carbons (Fsp3) is 0.333. The molecule has 3 aromatic rings. The summed E-state index contributed by atoms with van der Waals surface area (Å²) in [6.45, 7) is 2.84. The highest BCUT2D eigenvalue weighted by Gasteiger charge is 2.19. The van der Waals surface area contributed by atoms with Gasteiger partial charge in [0.05, 0.1) is 16.8 Å². The van der Waals surface area contributed by atoms with E-state index in [0.29, 0.717) is 17.2 Å². The summed E-state index contributed by atoms with van der Waals surface area (Å²) in [6.07, 6.45) is 9.03. The lowest BCUT2D eigenvalue weighted by molar-refractivity contribution is -0.383. The van der Waals surface area contributed by atoms with Gasteiger partial charge in [-0.3, -0.25) is 19.8 Å². The van der Waals surface area contributed by atoms with Crippen LogP contribution in [0.25, 0.3) is 22.4 Å². The molecule has 1 aliphatic carbocycles. The van der Waals surface area contributed by atoms with Crippen molar-refractivity contribution in [3.05, 3.63) is 58.5 Å². The Bertz CT molecular complexity index is 1020. The molecule has 0 amide bonds. The molecule has 1 aromatic carbocycles. The van der Waals surface area contributed by atoms with E-state index in [1.807, 2.05) is 36.1 Å². The number of benzene rings is 1. The van der Waals surface area contributed by atoms with E-state index in [2.05, 4.69) is 10.1 Å². The Morgan fingerprint density at radius 3 is 2.75 bits per heavy atom. The molecular formula is C21H23N5O2. The third-order valence-corrected chi connectivity index (χ3v) is 5.40. The van der Waals surface area contributed by atoms with Gasteiger partial charge < -0.3 is 5.73 Å². The van der Waals surface area contributed by atoms with Crippen molar-refractivity contribution in [2.75, 3.05) is 5.73 Å². The third-order valence-electron chi connectivity index (χ3n) is 5.40.